The second-order valence-electron chi connectivity index (χ2n) is 4.33. The van der Waals surface area contributed by atoms with E-state index in [0.717, 1.165) is 0 Å². The van der Waals surface area contributed by atoms with Crippen molar-refractivity contribution < 1.29 is 13.5 Å². The maximum absolute atomic E-state index is 12.5. The highest BCUT2D eigenvalue weighted by atomic mass is 79.9. The molecule has 1 N–H and O–H groups in total. The number of halogens is 3. The molecular formula is C11H12BrCl2NO3S. The molecule has 0 aliphatic carbocycles. The number of piperidine rings is 1. The van der Waals surface area contributed by atoms with Gasteiger partial charge < -0.3 is 5.11 Å². The van der Waals surface area contributed by atoms with Crippen molar-refractivity contribution in [3.05, 3.63) is 26.7 Å². The summed E-state index contributed by atoms with van der Waals surface area (Å²) in [5, 5.41) is 9.61. The Bertz CT molecular complexity index is 563. The standard InChI is InChI=1S/C11H12BrCl2NO3S/c12-7-5-9(13)11(10(14)6-7)19(17,18)15-3-1-8(16)2-4-15/h5-6,8,16H,1-4H2. The quantitative estimate of drug-likeness (QED) is 0.847. The first-order chi connectivity index (χ1) is 8.82. The fourth-order valence-corrected chi connectivity index (χ4v) is 5.34. The van der Waals surface area contributed by atoms with E-state index in [2.05, 4.69) is 15.9 Å². The van der Waals surface area contributed by atoms with Crippen LogP contribution in [0.15, 0.2) is 21.5 Å². The number of benzene rings is 1. The maximum atomic E-state index is 12.5. The Kier molecular flexibility index (Phi) is 4.80. The Morgan fingerprint density at radius 1 is 1.21 bits per heavy atom. The summed E-state index contributed by atoms with van der Waals surface area (Å²) in [5.74, 6) is 0. The summed E-state index contributed by atoms with van der Waals surface area (Å²) in [6.45, 7) is 0.540. The predicted molar refractivity (Wildman–Crippen MR) is 78.2 cm³/mol. The van der Waals surface area contributed by atoms with Crippen LogP contribution in [0.2, 0.25) is 10.0 Å². The van der Waals surface area contributed by atoms with Gasteiger partial charge in [-0.2, -0.15) is 4.31 Å². The van der Waals surface area contributed by atoms with Crippen LogP contribution >= 0.6 is 39.1 Å². The molecule has 1 aliphatic heterocycles. The van der Waals surface area contributed by atoms with Gasteiger partial charge in [0.05, 0.1) is 16.1 Å². The van der Waals surface area contributed by atoms with Crippen LogP contribution in [0.25, 0.3) is 0 Å². The number of hydrogen-bond donors (Lipinski definition) is 1. The molecular weight excluding hydrogens is 377 g/mol. The van der Waals surface area contributed by atoms with Gasteiger partial charge in [0.25, 0.3) is 0 Å². The monoisotopic (exact) mass is 387 g/mol. The van der Waals surface area contributed by atoms with Gasteiger partial charge in [-0.05, 0) is 25.0 Å². The number of hydrogen-bond acceptors (Lipinski definition) is 3. The molecule has 1 aromatic rings. The lowest BCUT2D eigenvalue weighted by Crippen LogP contribution is -2.40. The Hall–Kier alpha value is 0.150. The van der Waals surface area contributed by atoms with E-state index in [0.29, 0.717) is 17.3 Å². The Balaban J connectivity index is 2.40. The van der Waals surface area contributed by atoms with E-state index in [9.17, 15) is 13.5 Å². The number of aliphatic hydroxyl groups excluding tert-OH is 1. The van der Waals surface area contributed by atoms with Gasteiger partial charge in [-0.3, -0.25) is 0 Å². The lowest BCUT2D eigenvalue weighted by atomic mass is 10.1. The van der Waals surface area contributed by atoms with E-state index in [-0.39, 0.29) is 28.0 Å². The Labute approximate surface area is 130 Å². The molecule has 1 fully saturated rings. The zero-order valence-electron chi connectivity index (χ0n) is 9.81. The molecule has 8 heteroatoms. The van der Waals surface area contributed by atoms with Gasteiger partial charge in [0.1, 0.15) is 4.90 Å². The molecule has 0 atom stereocenters. The Morgan fingerprint density at radius 2 is 1.68 bits per heavy atom. The molecule has 0 aromatic heterocycles. The molecule has 1 aromatic carbocycles. The minimum absolute atomic E-state index is 0.0737. The summed E-state index contributed by atoms with van der Waals surface area (Å²) in [5.41, 5.74) is 0. The summed E-state index contributed by atoms with van der Waals surface area (Å²) in [6, 6.07) is 3.00. The molecule has 19 heavy (non-hydrogen) atoms. The summed E-state index contributed by atoms with van der Waals surface area (Å²) in [6.07, 6.45) is 0.401. The van der Waals surface area contributed by atoms with Crippen LogP contribution in [0.1, 0.15) is 12.8 Å². The highest BCUT2D eigenvalue weighted by molar-refractivity contribution is 9.10. The number of rotatable bonds is 2. The van der Waals surface area contributed by atoms with Crippen LogP contribution in [0.5, 0.6) is 0 Å². The third-order valence-electron chi connectivity index (χ3n) is 2.98. The molecule has 4 nitrogen and oxygen atoms in total. The molecule has 1 saturated heterocycles. The van der Waals surface area contributed by atoms with Crippen LogP contribution in [0, 0.1) is 0 Å². The van der Waals surface area contributed by atoms with Gasteiger partial charge in [0, 0.05) is 17.6 Å². The van der Waals surface area contributed by atoms with Crippen molar-refractivity contribution in [2.75, 3.05) is 13.1 Å². The molecule has 0 amide bonds. The minimum atomic E-state index is -3.73. The first-order valence-electron chi connectivity index (χ1n) is 5.65. The average molecular weight is 389 g/mol. The first-order valence-corrected chi connectivity index (χ1v) is 8.64. The maximum Gasteiger partial charge on any atom is 0.246 e. The predicted octanol–water partition coefficient (Wildman–Crippen LogP) is 2.90. The van der Waals surface area contributed by atoms with Crippen molar-refractivity contribution in [1.82, 2.24) is 4.31 Å². The smallest absolute Gasteiger partial charge is 0.246 e. The van der Waals surface area contributed by atoms with Crippen LogP contribution in [-0.2, 0) is 10.0 Å². The highest BCUT2D eigenvalue weighted by Crippen LogP contribution is 2.35. The van der Waals surface area contributed by atoms with Crippen LogP contribution in [-0.4, -0.2) is 37.0 Å². The van der Waals surface area contributed by atoms with Gasteiger partial charge in [0.15, 0.2) is 0 Å². The van der Waals surface area contributed by atoms with Gasteiger partial charge in [-0.1, -0.05) is 39.1 Å². The van der Waals surface area contributed by atoms with E-state index < -0.39 is 16.1 Å². The summed E-state index contributed by atoms with van der Waals surface area (Å²) in [7, 11) is -3.73. The molecule has 2 rings (SSSR count). The largest absolute Gasteiger partial charge is 0.393 e. The molecule has 106 valence electrons. The van der Waals surface area contributed by atoms with Gasteiger partial charge in [-0.25, -0.2) is 8.42 Å². The summed E-state index contributed by atoms with van der Waals surface area (Å²) < 4.78 is 26.9. The third-order valence-corrected chi connectivity index (χ3v) is 6.26. The van der Waals surface area contributed by atoms with Gasteiger partial charge in [-0.15, -0.1) is 0 Å². The molecule has 0 bridgehead atoms. The molecule has 0 spiro atoms. The van der Waals surface area contributed by atoms with E-state index in [1.54, 1.807) is 0 Å². The SMILES string of the molecule is O=S(=O)(c1c(Cl)cc(Br)cc1Cl)N1CCC(O)CC1. The normalized spacial score (nSPS) is 18.7. The van der Waals surface area contributed by atoms with E-state index in [1.807, 2.05) is 0 Å². The van der Waals surface area contributed by atoms with Crippen molar-refractivity contribution in [3.8, 4) is 0 Å². The average Bonchev–Trinajstić information content (AvgIpc) is 2.27. The van der Waals surface area contributed by atoms with E-state index in [1.165, 1.54) is 16.4 Å². The second kappa shape index (κ2) is 5.87. The molecule has 0 radical (unpaired) electrons. The topological polar surface area (TPSA) is 57.6 Å². The number of aliphatic hydroxyl groups is 1. The van der Waals surface area contributed by atoms with E-state index >= 15 is 0 Å². The first kappa shape index (κ1) is 15.5. The van der Waals surface area contributed by atoms with E-state index in [4.69, 9.17) is 23.2 Å². The van der Waals surface area contributed by atoms with Gasteiger partial charge >= 0.3 is 0 Å². The van der Waals surface area contributed by atoms with Crippen LogP contribution in [0.3, 0.4) is 0 Å². The molecule has 1 aliphatic rings. The van der Waals surface area contributed by atoms with Crippen LogP contribution in [0.4, 0.5) is 0 Å². The lowest BCUT2D eigenvalue weighted by molar-refractivity contribution is 0.113. The van der Waals surface area contributed by atoms with Crippen molar-refractivity contribution in [2.45, 2.75) is 23.8 Å². The number of sulfonamides is 1. The third kappa shape index (κ3) is 3.25. The van der Waals surface area contributed by atoms with Gasteiger partial charge in [0.2, 0.25) is 10.0 Å². The minimum Gasteiger partial charge on any atom is -0.393 e. The Morgan fingerprint density at radius 3 is 2.16 bits per heavy atom. The zero-order valence-corrected chi connectivity index (χ0v) is 13.7. The highest BCUT2D eigenvalue weighted by Gasteiger charge is 2.32. The molecule has 0 unspecified atom stereocenters. The second-order valence-corrected chi connectivity index (χ2v) is 7.94. The fraction of sp³-hybridized carbons (Fsp3) is 0.455. The van der Waals surface area contributed by atoms with Crippen LogP contribution < -0.4 is 0 Å². The zero-order chi connectivity index (χ0) is 14.2. The molecule has 0 saturated carbocycles. The van der Waals surface area contributed by atoms with Crippen molar-refractivity contribution in [2.24, 2.45) is 0 Å². The number of nitrogens with zero attached hydrogens (tertiary/aromatic N) is 1. The van der Waals surface area contributed by atoms with Crippen molar-refractivity contribution >= 4 is 49.2 Å². The summed E-state index contributed by atoms with van der Waals surface area (Å²) >= 11 is 15.2. The molecule has 1 heterocycles. The van der Waals surface area contributed by atoms with Crippen molar-refractivity contribution in [3.63, 3.8) is 0 Å². The summed E-state index contributed by atoms with van der Waals surface area (Å²) in [4.78, 5) is -0.0737. The lowest BCUT2D eigenvalue weighted by Gasteiger charge is -2.29. The van der Waals surface area contributed by atoms with Crippen molar-refractivity contribution in [1.29, 1.82) is 0 Å². The fourth-order valence-electron chi connectivity index (χ4n) is 1.99.